The van der Waals surface area contributed by atoms with Gasteiger partial charge in [0.05, 0.1) is 0 Å². The second kappa shape index (κ2) is 7.82. The number of nitrogens with one attached hydrogen (secondary N) is 2. The number of hydrogen-bond donors (Lipinski definition) is 2. The van der Waals surface area contributed by atoms with E-state index in [9.17, 15) is 4.79 Å². The number of carbonyl (C=O) groups is 1. The molecule has 0 bridgehead atoms. The highest BCUT2D eigenvalue weighted by molar-refractivity contribution is 5.92. The summed E-state index contributed by atoms with van der Waals surface area (Å²) >= 11 is 0. The lowest BCUT2D eigenvalue weighted by atomic mass is 9.87. The van der Waals surface area contributed by atoms with Crippen molar-refractivity contribution < 1.29 is 4.79 Å². The molecule has 20 heavy (non-hydrogen) atoms. The number of hydrogen-bond acceptors (Lipinski definition) is 4. The van der Waals surface area contributed by atoms with Crippen molar-refractivity contribution in [3.63, 3.8) is 0 Å². The monoisotopic (exact) mass is 276 g/mol. The van der Waals surface area contributed by atoms with Gasteiger partial charge in [0.15, 0.2) is 5.69 Å². The third-order valence-electron chi connectivity index (χ3n) is 3.82. The number of rotatable bonds is 6. The molecule has 110 valence electrons. The molecule has 1 aliphatic rings. The summed E-state index contributed by atoms with van der Waals surface area (Å²) in [6, 6.07) is 3.53. The molecule has 1 aromatic heterocycles. The molecule has 0 atom stereocenters. The van der Waals surface area contributed by atoms with E-state index >= 15 is 0 Å². The normalized spacial score (nSPS) is 15.8. The van der Waals surface area contributed by atoms with Crippen molar-refractivity contribution in [2.75, 3.05) is 18.4 Å². The summed E-state index contributed by atoms with van der Waals surface area (Å²) < 4.78 is 0. The van der Waals surface area contributed by atoms with E-state index in [1.165, 1.54) is 38.5 Å². The number of aromatic nitrogens is 2. The maximum absolute atomic E-state index is 11.5. The molecule has 2 N–H and O–H groups in total. The Bertz CT molecular complexity index is 412. The Morgan fingerprint density at radius 1 is 1.25 bits per heavy atom. The zero-order valence-corrected chi connectivity index (χ0v) is 12.2. The van der Waals surface area contributed by atoms with E-state index in [1.807, 2.05) is 13.0 Å². The smallest absolute Gasteiger partial charge is 0.271 e. The van der Waals surface area contributed by atoms with E-state index in [1.54, 1.807) is 6.07 Å². The van der Waals surface area contributed by atoms with Crippen LogP contribution in [0.5, 0.6) is 0 Å². The molecule has 0 unspecified atom stereocenters. The van der Waals surface area contributed by atoms with Crippen molar-refractivity contribution in [1.29, 1.82) is 0 Å². The maximum atomic E-state index is 11.5. The van der Waals surface area contributed by atoms with Crippen LogP contribution in [0.25, 0.3) is 0 Å². The van der Waals surface area contributed by atoms with Crippen LogP contribution in [-0.2, 0) is 0 Å². The first-order chi connectivity index (χ1) is 9.79. The van der Waals surface area contributed by atoms with Crippen LogP contribution in [0.4, 0.5) is 5.82 Å². The molecule has 1 amide bonds. The second-order valence-electron chi connectivity index (χ2n) is 5.38. The molecule has 0 saturated heterocycles. The lowest BCUT2D eigenvalue weighted by Gasteiger charge is -2.21. The van der Waals surface area contributed by atoms with Gasteiger partial charge in [0.25, 0.3) is 5.91 Å². The Balaban J connectivity index is 1.74. The average molecular weight is 276 g/mol. The van der Waals surface area contributed by atoms with Gasteiger partial charge in [-0.05, 0) is 31.4 Å². The Morgan fingerprint density at radius 3 is 2.70 bits per heavy atom. The summed E-state index contributed by atoms with van der Waals surface area (Å²) in [5, 5.41) is 14.0. The Morgan fingerprint density at radius 2 is 2.05 bits per heavy atom. The summed E-state index contributed by atoms with van der Waals surface area (Å²) in [6.07, 6.45) is 8.08. The van der Waals surface area contributed by atoms with E-state index in [4.69, 9.17) is 0 Å². The summed E-state index contributed by atoms with van der Waals surface area (Å²) in [7, 11) is 0. The predicted molar refractivity (Wildman–Crippen MR) is 79.7 cm³/mol. The lowest BCUT2D eigenvalue weighted by molar-refractivity contribution is 0.0950. The first-order valence-corrected chi connectivity index (χ1v) is 7.65. The van der Waals surface area contributed by atoms with Gasteiger partial charge in [0.1, 0.15) is 5.82 Å². The van der Waals surface area contributed by atoms with Crippen molar-refractivity contribution in [1.82, 2.24) is 15.5 Å². The molecule has 0 aliphatic heterocycles. The topological polar surface area (TPSA) is 66.9 Å². The molecule has 1 heterocycles. The van der Waals surface area contributed by atoms with Crippen molar-refractivity contribution in [3.05, 3.63) is 17.8 Å². The number of amides is 1. The van der Waals surface area contributed by atoms with E-state index < -0.39 is 0 Å². The van der Waals surface area contributed by atoms with Crippen LogP contribution in [-0.4, -0.2) is 29.2 Å². The summed E-state index contributed by atoms with van der Waals surface area (Å²) in [5.74, 6) is 1.43. The SMILES string of the molecule is CCNC(=O)c1ccc(NCCC2CCCCC2)nn1. The lowest BCUT2D eigenvalue weighted by Crippen LogP contribution is -2.24. The fraction of sp³-hybridized carbons (Fsp3) is 0.667. The minimum atomic E-state index is -0.172. The molecule has 1 aliphatic carbocycles. The zero-order valence-electron chi connectivity index (χ0n) is 12.2. The quantitative estimate of drug-likeness (QED) is 0.838. The second-order valence-corrected chi connectivity index (χ2v) is 5.38. The zero-order chi connectivity index (χ0) is 14.2. The van der Waals surface area contributed by atoms with E-state index in [-0.39, 0.29) is 5.91 Å². The minimum absolute atomic E-state index is 0.172. The van der Waals surface area contributed by atoms with Gasteiger partial charge < -0.3 is 10.6 Å². The van der Waals surface area contributed by atoms with Crippen molar-refractivity contribution in [2.24, 2.45) is 5.92 Å². The molecule has 0 aromatic carbocycles. The van der Waals surface area contributed by atoms with Crippen LogP contribution in [0.15, 0.2) is 12.1 Å². The summed E-state index contributed by atoms with van der Waals surface area (Å²) in [6.45, 7) is 3.41. The highest BCUT2D eigenvalue weighted by atomic mass is 16.1. The van der Waals surface area contributed by atoms with Crippen LogP contribution in [0.1, 0.15) is 55.9 Å². The number of anilines is 1. The van der Waals surface area contributed by atoms with Gasteiger partial charge in [-0.1, -0.05) is 32.1 Å². The van der Waals surface area contributed by atoms with Crippen LogP contribution in [0, 0.1) is 5.92 Å². The van der Waals surface area contributed by atoms with Crippen molar-refractivity contribution >= 4 is 11.7 Å². The predicted octanol–water partition coefficient (Wildman–Crippen LogP) is 2.61. The first kappa shape index (κ1) is 14.8. The van der Waals surface area contributed by atoms with Gasteiger partial charge in [0, 0.05) is 13.1 Å². The van der Waals surface area contributed by atoms with Crippen LogP contribution in [0.3, 0.4) is 0 Å². The summed E-state index contributed by atoms with van der Waals surface area (Å²) in [4.78, 5) is 11.5. The molecular weight excluding hydrogens is 252 g/mol. The van der Waals surface area contributed by atoms with E-state index in [0.29, 0.717) is 12.2 Å². The highest BCUT2D eigenvalue weighted by Gasteiger charge is 2.13. The maximum Gasteiger partial charge on any atom is 0.271 e. The molecule has 1 aromatic rings. The summed E-state index contributed by atoms with van der Waals surface area (Å²) in [5.41, 5.74) is 0.365. The fourth-order valence-electron chi connectivity index (χ4n) is 2.68. The van der Waals surface area contributed by atoms with E-state index in [2.05, 4.69) is 20.8 Å². The molecule has 0 spiro atoms. The Labute approximate surface area is 120 Å². The highest BCUT2D eigenvalue weighted by Crippen LogP contribution is 2.26. The molecular formula is C15H24N4O. The average Bonchev–Trinajstić information content (AvgIpc) is 2.49. The van der Waals surface area contributed by atoms with Crippen molar-refractivity contribution in [2.45, 2.75) is 45.4 Å². The number of nitrogens with zero attached hydrogens (tertiary/aromatic N) is 2. The first-order valence-electron chi connectivity index (χ1n) is 7.65. The van der Waals surface area contributed by atoms with Crippen LogP contribution >= 0.6 is 0 Å². The largest absolute Gasteiger partial charge is 0.369 e. The van der Waals surface area contributed by atoms with Crippen molar-refractivity contribution in [3.8, 4) is 0 Å². The molecule has 5 nitrogen and oxygen atoms in total. The van der Waals surface area contributed by atoms with Crippen LogP contribution in [0.2, 0.25) is 0 Å². The minimum Gasteiger partial charge on any atom is -0.369 e. The molecule has 5 heteroatoms. The molecule has 0 radical (unpaired) electrons. The van der Waals surface area contributed by atoms with Gasteiger partial charge in [-0.15, -0.1) is 10.2 Å². The van der Waals surface area contributed by atoms with Gasteiger partial charge in [-0.25, -0.2) is 0 Å². The van der Waals surface area contributed by atoms with Gasteiger partial charge >= 0.3 is 0 Å². The molecule has 1 saturated carbocycles. The third-order valence-corrected chi connectivity index (χ3v) is 3.82. The Kier molecular flexibility index (Phi) is 5.77. The Hall–Kier alpha value is -1.65. The van der Waals surface area contributed by atoms with Gasteiger partial charge in [-0.2, -0.15) is 0 Å². The fourth-order valence-corrected chi connectivity index (χ4v) is 2.68. The van der Waals surface area contributed by atoms with Crippen LogP contribution < -0.4 is 10.6 Å². The van der Waals surface area contributed by atoms with E-state index in [0.717, 1.165) is 18.3 Å². The number of carbonyl (C=O) groups excluding carboxylic acids is 1. The third kappa shape index (κ3) is 4.47. The molecule has 2 rings (SSSR count). The van der Waals surface area contributed by atoms with Gasteiger partial charge in [0.2, 0.25) is 0 Å². The standard InChI is InChI=1S/C15H24N4O/c1-2-16-15(20)13-8-9-14(19-18-13)17-11-10-12-6-4-3-5-7-12/h8-9,12H,2-7,10-11H2,1H3,(H,16,20)(H,17,19). The molecule has 1 fully saturated rings. The van der Waals surface area contributed by atoms with Gasteiger partial charge in [-0.3, -0.25) is 4.79 Å².